The van der Waals surface area contributed by atoms with Crippen LogP contribution in [0.5, 0.6) is 17.2 Å². The number of amides is 1. The number of Topliss-reactive ketones (excluding diaryl/α,β-unsaturated/α-hetero) is 1. The Morgan fingerprint density at radius 3 is 2.49 bits per heavy atom. The van der Waals surface area contributed by atoms with Gasteiger partial charge in [0.25, 0.3) is 5.91 Å². The summed E-state index contributed by atoms with van der Waals surface area (Å²) in [5, 5.41) is 22.4. The zero-order chi connectivity index (χ0) is 34.1. The van der Waals surface area contributed by atoms with Gasteiger partial charge in [-0.1, -0.05) is 26.8 Å². The van der Waals surface area contributed by atoms with E-state index in [0.717, 1.165) is 18.4 Å². The Morgan fingerprint density at radius 1 is 1.06 bits per heavy atom. The van der Waals surface area contributed by atoms with E-state index in [4.69, 9.17) is 24.7 Å². The van der Waals surface area contributed by atoms with Gasteiger partial charge in [0, 0.05) is 41.6 Å². The molecule has 2 aromatic heterocycles. The third kappa shape index (κ3) is 9.09. The maximum Gasteiger partial charge on any atom is 0.303 e. The molecule has 0 saturated heterocycles. The molecule has 3 heterocycles. The van der Waals surface area contributed by atoms with E-state index in [1.807, 2.05) is 45.2 Å². The molecule has 0 atom stereocenters. The molecule has 1 aromatic carbocycles. The molecule has 0 radical (unpaired) electrons. The van der Waals surface area contributed by atoms with Crippen LogP contribution in [0.2, 0.25) is 0 Å². The first-order chi connectivity index (χ1) is 22.4. The number of benzene rings is 1. The van der Waals surface area contributed by atoms with Crippen LogP contribution in [0.4, 0.5) is 0 Å². The van der Waals surface area contributed by atoms with E-state index in [1.165, 1.54) is 11.9 Å². The van der Waals surface area contributed by atoms with Crippen molar-refractivity contribution in [2.24, 2.45) is 0 Å². The first kappa shape index (κ1) is 35.4. The third-order valence-electron chi connectivity index (χ3n) is 7.67. The number of ketones is 1. The number of hydrogen-bond donors (Lipinski definition) is 3. The van der Waals surface area contributed by atoms with Gasteiger partial charge in [-0.15, -0.1) is 11.3 Å². The number of rotatable bonds is 17. The monoisotopic (exact) mass is 664 g/mol. The Labute approximate surface area is 279 Å². The minimum Gasteiger partial charge on any atom is -0.491 e. The second kappa shape index (κ2) is 15.9. The molecule has 0 bridgehead atoms. The quantitative estimate of drug-likeness (QED) is 0.119. The summed E-state index contributed by atoms with van der Waals surface area (Å²) in [5.74, 6) is -0.0600. The van der Waals surface area contributed by atoms with Crippen LogP contribution >= 0.6 is 11.3 Å². The van der Waals surface area contributed by atoms with E-state index in [1.54, 1.807) is 28.4 Å². The Hall–Kier alpha value is -4.45. The number of carbonyl (C=O) groups is 3. The summed E-state index contributed by atoms with van der Waals surface area (Å²) in [6, 6.07) is 9.37. The van der Waals surface area contributed by atoms with Crippen molar-refractivity contribution in [3.8, 4) is 17.2 Å². The number of hydrogen-bond acceptors (Lipinski definition) is 9. The molecule has 0 fully saturated rings. The zero-order valence-electron chi connectivity index (χ0n) is 27.7. The van der Waals surface area contributed by atoms with Crippen molar-refractivity contribution in [1.29, 1.82) is 5.41 Å². The topological polar surface area (TPSA) is 151 Å². The van der Waals surface area contributed by atoms with Crippen LogP contribution in [0.25, 0.3) is 0 Å². The largest absolute Gasteiger partial charge is 0.491 e. The number of carbonyl (C=O) groups excluding carboxylic acids is 2. The molecule has 0 unspecified atom stereocenters. The number of aryl methyl sites for hydroxylation is 1. The molecule has 3 aromatic rings. The highest BCUT2D eigenvalue weighted by Gasteiger charge is 2.32. The molecule has 1 aliphatic heterocycles. The first-order valence-corrected chi connectivity index (χ1v) is 16.7. The summed E-state index contributed by atoms with van der Waals surface area (Å²) in [4.78, 5) is 44.7. The fourth-order valence-electron chi connectivity index (χ4n) is 5.25. The van der Waals surface area contributed by atoms with Crippen LogP contribution in [0.1, 0.15) is 95.9 Å². The number of carboxylic acid groups (broad SMARTS) is 1. The van der Waals surface area contributed by atoms with Gasteiger partial charge in [0.05, 0.1) is 26.4 Å². The average molecular weight is 665 g/mol. The van der Waals surface area contributed by atoms with E-state index in [0.29, 0.717) is 66.7 Å². The molecule has 47 heavy (non-hydrogen) atoms. The molecule has 0 spiro atoms. The highest BCUT2D eigenvalue weighted by atomic mass is 32.1. The summed E-state index contributed by atoms with van der Waals surface area (Å²) >= 11 is 1.70. The number of ether oxygens (including phenoxy) is 3. The summed E-state index contributed by atoms with van der Waals surface area (Å²) < 4.78 is 18.2. The normalized spacial score (nSPS) is 12.5. The van der Waals surface area contributed by atoms with Gasteiger partial charge >= 0.3 is 5.97 Å². The summed E-state index contributed by atoms with van der Waals surface area (Å²) in [5.41, 5.74) is 1.97. The number of unbranched alkanes of at least 4 members (excludes halogenated alkanes) is 1. The van der Waals surface area contributed by atoms with Gasteiger partial charge in [0.1, 0.15) is 11.5 Å². The molecule has 0 saturated carbocycles. The van der Waals surface area contributed by atoms with E-state index < -0.39 is 17.3 Å². The zero-order valence-corrected chi connectivity index (χ0v) is 28.6. The second-order valence-electron chi connectivity index (χ2n) is 12.3. The number of aromatic nitrogens is 1. The molecular weight excluding hydrogens is 620 g/mol. The lowest BCUT2D eigenvalue weighted by Crippen LogP contribution is -2.31. The molecule has 11 nitrogen and oxygen atoms in total. The molecule has 0 aliphatic carbocycles. The smallest absolute Gasteiger partial charge is 0.303 e. The molecular formula is C35H44N4O7S. The lowest BCUT2D eigenvalue weighted by atomic mass is 9.84. The lowest BCUT2D eigenvalue weighted by Gasteiger charge is -2.26. The number of fused-ring (bicyclic) bond motifs is 1. The van der Waals surface area contributed by atoms with Gasteiger partial charge in [-0.05, 0) is 67.7 Å². The number of nitrogens with one attached hydrogen (secondary N) is 2. The van der Waals surface area contributed by atoms with Crippen LogP contribution in [-0.4, -0.2) is 71.9 Å². The fraction of sp³-hybridized carbons (Fsp3) is 0.457. The first-order valence-electron chi connectivity index (χ1n) is 15.9. The number of amidine groups is 1. The van der Waals surface area contributed by atoms with Crippen LogP contribution in [0, 0.1) is 5.41 Å². The van der Waals surface area contributed by atoms with E-state index in [2.05, 4.69) is 16.4 Å². The van der Waals surface area contributed by atoms with Gasteiger partial charge in [-0.25, -0.2) is 4.98 Å². The number of aliphatic carboxylic acids is 1. The van der Waals surface area contributed by atoms with Crippen molar-refractivity contribution in [2.75, 3.05) is 33.4 Å². The highest BCUT2D eigenvalue weighted by Crippen LogP contribution is 2.41. The maximum absolute atomic E-state index is 13.9. The average Bonchev–Trinajstić information content (AvgIpc) is 3.65. The Balaban J connectivity index is 1.59. The third-order valence-corrected chi connectivity index (χ3v) is 8.60. The van der Waals surface area contributed by atoms with Crippen LogP contribution < -0.4 is 19.5 Å². The SMILES string of the molecule is CCOc1cc2c(nc1C(=O)NC)C(=N)N(CC(=O)c1cc(OCCCc3cccs3)c(OCCCCC(=O)O)c(C(C)(C)C)c1)C2. The minimum absolute atomic E-state index is 0.0592. The number of pyridine rings is 1. The number of carboxylic acids is 1. The van der Waals surface area contributed by atoms with E-state index in [9.17, 15) is 14.4 Å². The van der Waals surface area contributed by atoms with Gasteiger partial charge < -0.3 is 29.5 Å². The Bertz CT molecular complexity index is 1600. The van der Waals surface area contributed by atoms with Crippen LogP contribution in [0.3, 0.4) is 0 Å². The van der Waals surface area contributed by atoms with Crippen molar-refractivity contribution in [3.63, 3.8) is 0 Å². The fourth-order valence-corrected chi connectivity index (χ4v) is 6.00. The van der Waals surface area contributed by atoms with Crippen molar-refractivity contribution in [3.05, 3.63) is 68.7 Å². The summed E-state index contributed by atoms with van der Waals surface area (Å²) in [6.07, 6.45) is 2.77. The minimum atomic E-state index is -0.843. The molecule has 252 valence electrons. The van der Waals surface area contributed by atoms with Crippen molar-refractivity contribution in [1.82, 2.24) is 15.2 Å². The van der Waals surface area contributed by atoms with Gasteiger partial charge in [0.2, 0.25) is 0 Å². The van der Waals surface area contributed by atoms with E-state index in [-0.39, 0.29) is 36.8 Å². The Kier molecular flexibility index (Phi) is 12.0. The summed E-state index contributed by atoms with van der Waals surface area (Å²) in [7, 11) is 1.51. The number of thiophene rings is 1. The van der Waals surface area contributed by atoms with Gasteiger partial charge in [0.15, 0.2) is 28.7 Å². The summed E-state index contributed by atoms with van der Waals surface area (Å²) in [6.45, 7) is 9.20. The lowest BCUT2D eigenvalue weighted by molar-refractivity contribution is -0.137. The second-order valence-corrected chi connectivity index (χ2v) is 13.3. The predicted octanol–water partition coefficient (Wildman–Crippen LogP) is 5.87. The van der Waals surface area contributed by atoms with Gasteiger partial charge in [-0.3, -0.25) is 19.8 Å². The van der Waals surface area contributed by atoms with Crippen LogP contribution in [0.15, 0.2) is 35.7 Å². The van der Waals surface area contributed by atoms with Crippen molar-refractivity contribution >= 4 is 34.8 Å². The Morgan fingerprint density at radius 2 is 1.83 bits per heavy atom. The molecule has 4 rings (SSSR count). The highest BCUT2D eigenvalue weighted by molar-refractivity contribution is 7.09. The van der Waals surface area contributed by atoms with Gasteiger partial charge in [-0.2, -0.15) is 0 Å². The van der Waals surface area contributed by atoms with Crippen molar-refractivity contribution < 1.29 is 33.7 Å². The number of nitrogens with zero attached hydrogens (tertiary/aromatic N) is 2. The molecule has 1 amide bonds. The predicted molar refractivity (Wildman–Crippen MR) is 181 cm³/mol. The molecule has 3 N–H and O–H groups in total. The standard InChI is InChI=1S/C35H44N4O7S/c1-6-44-27-19-23-20-39(33(36)30(23)38-31(27)34(43)37-5)21-26(40)22-17-25(35(2,3)4)32(46-14-8-7-13-29(41)42)28(18-22)45-15-9-11-24-12-10-16-47-24/h10,12,16-19,36H,6-9,11,13-15,20-21H2,1-5H3,(H,37,43)(H,41,42). The van der Waals surface area contributed by atoms with E-state index >= 15 is 0 Å². The van der Waals surface area contributed by atoms with Crippen molar-refractivity contribution in [2.45, 2.75) is 71.8 Å². The maximum atomic E-state index is 13.9. The van der Waals surface area contributed by atoms with Crippen LogP contribution in [-0.2, 0) is 23.2 Å². The molecule has 12 heteroatoms. The molecule has 1 aliphatic rings.